The minimum absolute atomic E-state index is 0.0468. The van der Waals surface area contributed by atoms with E-state index in [9.17, 15) is 18.8 Å². The van der Waals surface area contributed by atoms with Crippen molar-refractivity contribution in [2.24, 2.45) is 5.92 Å². The summed E-state index contributed by atoms with van der Waals surface area (Å²) in [6.07, 6.45) is 1.35. The van der Waals surface area contributed by atoms with Gasteiger partial charge in [-0.1, -0.05) is 55.8 Å². The molecule has 0 bridgehead atoms. The summed E-state index contributed by atoms with van der Waals surface area (Å²) in [5.41, 5.74) is 1.68. The van der Waals surface area contributed by atoms with Crippen LogP contribution in [0.5, 0.6) is 0 Å². The van der Waals surface area contributed by atoms with Crippen molar-refractivity contribution in [1.82, 2.24) is 9.80 Å². The van der Waals surface area contributed by atoms with Gasteiger partial charge in [-0.05, 0) is 53.9 Å². The fraction of sp³-hybridized carbons (Fsp3) is 0.233. The number of carbonyl (C=O) groups excluding carboxylic acids is 2. The van der Waals surface area contributed by atoms with E-state index in [2.05, 4.69) is 5.32 Å². The molecular weight excluding hydrogens is 521 g/mol. The normalized spacial score (nSPS) is 11.0. The number of anilines is 1. The second-order valence-electron chi connectivity index (χ2n) is 9.68. The van der Waals surface area contributed by atoms with E-state index in [-0.39, 0.29) is 36.9 Å². The lowest BCUT2D eigenvalue weighted by molar-refractivity contribution is -0.133. The van der Waals surface area contributed by atoms with Crippen molar-refractivity contribution in [2.45, 2.75) is 26.9 Å². The molecule has 4 aromatic rings. The van der Waals surface area contributed by atoms with Gasteiger partial charge in [0.15, 0.2) is 5.43 Å². The Morgan fingerprint density at radius 1 is 0.974 bits per heavy atom. The molecule has 1 aromatic heterocycles. The lowest BCUT2D eigenvalue weighted by atomic mass is 10.1. The van der Waals surface area contributed by atoms with Crippen molar-refractivity contribution < 1.29 is 18.4 Å². The SMILES string of the molecule is CC(C)CN(CC(=O)N(Cc1ccc(F)cc1)Cc1coc2ccccc2c1=O)C(=O)Nc1cccc(Cl)c1. The molecule has 0 atom stereocenters. The van der Waals surface area contributed by atoms with Crippen molar-refractivity contribution in [3.8, 4) is 0 Å². The smallest absolute Gasteiger partial charge is 0.322 e. The van der Waals surface area contributed by atoms with Crippen LogP contribution in [0.3, 0.4) is 0 Å². The largest absolute Gasteiger partial charge is 0.464 e. The summed E-state index contributed by atoms with van der Waals surface area (Å²) in [6, 6.07) is 19.0. The predicted molar refractivity (Wildman–Crippen MR) is 150 cm³/mol. The Bertz CT molecular complexity index is 1520. The molecule has 9 heteroatoms. The molecule has 0 fully saturated rings. The lowest BCUT2D eigenvalue weighted by Crippen LogP contribution is -2.45. The molecule has 3 aromatic carbocycles. The average molecular weight is 550 g/mol. The molecule has 0 unspecified atom stereocenters. The summed E-state index contributed by atoms with van der Waals surface area (Å²) in [4.78, 5) is 42.9. The number of para-hydroxylation sites is 1. The highest BCUT2D eigenvalue weighted by atomic mass is 35.5. The number of rotatable bonds is 9. The first kappa shape index (κ1) is 27.9. The van der Waals surface area contributed by atoms with E-state index in [1.54, 1.807) is 60.7 Å². The molecule has 0 aliphatic heterocycles. The topological polar surface area (TPSA) is 82.9 Å². The molecule has 0 aliphatic rings. The van der Waals surface area contributed by atoms with Crippen LogP contribution in [0.25, 0.3) is 11.0 Å². The molecule has 0 aliphatic carbocycles. The minimum atomic E-state index is -0.453. The predicted octanol–water partition coefficient (Wildman–Crippen LogP) is 6.30. The van der Waals surface area contributed by atoms with Gasteiger partial charge in [0.05, 0.1) is 23.8 Å². The van der Waals surface area contributed by atoms with Crippen LogP contribution in [0.2, 0.25) is 5.02 Å². The maximum absolute atomic E-state index is 13.7. The van der Waals surface area contributed by atoms with Crippen molar-refractivity contribution in [1.29, 1.82) is 0 Å². The summed E-state index contributed by atoms with van der Waals surface area (Å²) in [7, 11) is 0. The van der Waals surface area contributed by atoms with Crippen LogP contribution >= 0.6 is 11.6 Å². The van der Waals surface area contributed by atoms with Gasteiger partial charge in [0.1, 0.15) is 17.9 Å². The molecule has 0 radical (unpaired) electrons. The molecule has 4 rings (SSSR count). The molecule has 0 saturated carbocycles. The van der Waals surface area contributed by atoms with Crippen molar-refractivity contribution >= 4 is 40.2 Å². The minimum Gasteiger partial charge on any atom is -0.464 e. The number of fused-ring (bicyclic) bond motifs is 1. The molecule has 1 heterocycles. The number of nitrogens with zero attached hydrogens (tertiary/aromatic N) is 2. The van der Waals surface area contributed by atoms with Gasteiger partial charge < -0.3 is 19.5 Å². The summed E-state index contributed by atoms with van der Waals surface area (Å²) >= 11 is 6.05. The third-order valence-corrected chi connectivity index (χ3v) is 6.26. The van der Waals surface area contributed by atoms with E-state index in [4.69, 9.17) is 16.0 Å². The van der Waals surface area contributed by atoms with Gasteiger partial charge in [0.2, 0.25) is 5.91 Å². The Kier molecular flexibility index (Phi) is 8.99. The highest BCUT2D eigenvalue weighted by Crippen LogP contribution is 2.17. The second kappa shape index (κ2) is 12.6. The Balaban J connectivity index is 1.60. The number of urea groups is 1. The molecule has 202 valence electrons. The number of hydrogen-bond acceptors (Lipinski definition) is 4. The standard InChI is InChI=1S/C30H29ClFN3O4/c1-20(2)15-35(30(38)33-25-7-5-6-23(31)14-25)18-28(36)34(16-21-10-12-24(32)13-11-21)17-22-19-39-27-9-4-3-8-26(27)29(22)37/h3-14,19-20H,15-18H2,1-2H3,(H,33,38). The number of benzene rings is 3. The van der Waals surface area contributed by atoms with Gasteiger partial charge >= 0.3 is 6.03 Å². The third-order valence-electron chi connectivity index (χ3n) is 6.03. The summed E-state index contributed by atoms with van der Waals surface area (Å²) in [6.45, 7) is 4.04. The molecule has 0 spiro atoms. The second-order valence-corrected chi connectivity index (χ2v) is 10.1. The summed E-state index contributed by atoms with van der Waals surface area (Å²) in [5.74, 6) is -0.692. The molecule has 0 saturated heterocycles. The fourth-order valence-electron chi connectivity index (χ4n) is 4.17. The van der Waals surface area contributed by atoms with Crippen molar-refractivity contribution in [2.75, 3.05) is 18.4 Å². The van der Waals surface area contributed by atoms with Gasteiger partial charge in [0, 0.05) is 23.8 Å². The lowest BCUT2D eigenvalue weighted by Gasteiger charge is -2.29. The van der Waals surface area contributed by atoms with E-state index in [1.807, 2.05) is 13.8 Å². The zero-order valence-electron chi connectivity index (χ0n) is 21.7. The average Bonchev–Trinajstić information content (AvgIpc) is 2.90. The number of halogens is 2. The Morgan fingerprint density at radius 3 is 2.44 bits per heavy atom. The van der Waals surface area contributed by atoms with Crippen LogP contribution in [0, 0.1) is 11.7 Å². The quantitative estimate of drug-likeness (QED) is 0.265. The number of carbonyl (C=O) groups is 2. The number of nitrogens with one attached hydrogen (secondary N) is 1. The van der Waals surface area contributed by atoms with E-state index >= 15 is 0 Å². The Hall–Kier alpha value is -4.17. The van der Waals surface area contributed by atoms with E-state index < -0.39 is 11.8 Å². The molecule has 39 heavy (non-hydrogen) atoms. The van der Waals surface area contributed by atoms with E-state index in [1.165, 1.54) is 28.2 Å². The van der Waals surface area contributed by atoms with Gasteiger partial charge in [-0.2, -0.15) is 0 Å². The fourth-order valence-corrected chi connectivity index (χ4v) is 4.36. The first-order valence-corrected chi connectivity index (χ1v) is 12.9. The first-order valence-electron chi connectivity index (χ1n) is 12.5. The number of amides is 3. The number of hydrogen-bond donors (Lipinski definition) is 1. The van der Waals surface area contributed by atoms with Crippen molar-refractivity contribution in [3.05, 3.63) is 111 Å². The van der Waals surface area contributed by atoms with Crippen LogP contribution in [0.1, 0.15) is 25.0 Å². The van der Waals surface area contributed by atoms with Crippen LogP contribution in [0.15, 0.2) is 88.3 Å². The highest BCUT2D eigenvalue weighted by molar-refractivity contribution is 6.30. The zero-order chi connectivity index (χ0) is 27.9. The van der Waals surface area contributed by atoms with Gasteiger partial charge in [-0.25, -0.2) is 9.18 Å². The Morgan fingerprint density at radius 2 is 1.72 bits per heavy atom. The maximum atomic E-state index is 13.7. The van der Waals surface area contributed by atoms with Gasteiger partial charge in [-0.3, -0.25) is 9.59 Å². The molecular formula is C30H29ClFN3O4. The van der Waals surface area contributed by atoms with E-state index in [0.717, 1.165) is 0 Å². The van der Waals surface area contributed by atoms with Crippen LogP contribution in [-0.4, -0.2) is 34.8 Å². The zero-order valence-corrected chi connectivity index (χ0v) is 22.5. The van der Waals surface area contributed by atoms with Gasteiger partial charge in [0.25, 0.3) is 0 Å². The molecule has 7 nitrogen and oxygen atoms in total. The van der Waals surface area contributed by atoms with E-state index in [0.29, 0.717) is 39.4 Å². The van der Waals surface area contributed by atoms with Crippen LogP contribution in [0.4, 0.5) is 14.9 Å². The van der Waals surface area contributed by atoms with Crippen LogP contribution < -0.4 is 10.7 Å². The highest BCUT2D eigenvalue weighted by Gasteiger charge is 2.24. The summed E-state index contributed by atoms with van der Waals surface area (Å²) in [5, 5.41) is 3.67. The first-order chi connectivity index (χ1) is 18.7. The monoisotopic (exact) mass is 549 g/mol. The maximum Gasteiger partial charge on any atom is 0.322 e. The van der Waals surface area contributed by atoms with Crippen molar-refractivity contribution in [3.63, 3.8) is 0 Å². The van der Waals surface area contributed by atoms with Crippen LogP contribution in [-0.2, 0) is 17.9 Å². The third kappa shape index (κ3) is 7.45. The summed E-state index contributed by atoms with van der Waals surface area (Å²) < 4.78 is 19.2. The molecule has 1 N–H and O–H groups in total. The molecule has 3 amide bonds. The van der Waals surface area contributed by atoms with Gasteiger partial charge in [-0.15, -0.1) is 0 Å². The Labute approximate surface area is 230 Å².